The summed E-state index contributed by atoms with van der Waals surface area (Å²) in [5, 5.41) is 12.1. The zero-order valence-electron chi connectivity index (χ0n) is 13.8. The Labute approximate surface area is 135 Å². The van der Waals surface area contributed by atoms with Gasteiger partial charge in [0.1, 0.15) is 17.6 Å². The first-order valence-corrected chi connectivity index (χ1v) is 7.77. The number of carboxylic acid groups (broad SMARTS) is 1. The fraction of sp³-hybridized carbons (Fsp3) is 0.625. The molecule has 1 aliphatic rings. The minimum atomic E-state index is -1.01. The van der Waals surface area contributed by atoms with E-state index in [1.54, 1.807) is 4.90 Å². The molecule has 2 heterocycles. The van der Waals surface area contributed by atoms with Crippen molar-refractivity contribution in [3.05, 3.63) is 23.7 Å². The molecule has 0 aliphatic carbocycles. The molecule has 1 amide bonds. The van der Waals surface area contributed by atoms with Gasteiger partial charge in [-0.25, -0.2) is 9.59 Å². The van der Waals surface area contributed by atoms with E-state index < -0.39 is 11.6 Å². The Morgan fingerprint density at radius 1 is 1.48 bits per heavy atom. The normalized spacial score (nSPS) is 18.2. The quantitative estimate of drug-likeness (QED) is 0.864. The van der Waals surface area contributed by atoms with Crippen LogP contribution in [0, 0.1) is 0 Å². The lowest BCUT2D eigenvalue weighted by atomic mass is 10.2. The molecule has 1 saturated heterocycles. The number of amides is 1. The molecule has 1 unspecified atom stereocenters. The number of ether oxygens (including phenoxy) is 1. The SMILES string of the molecule is CC(C)(C)OC(=O)N1CCCC1CNCc1cc(C(=O)O)co1. The van der Waals surface area contributed by atoms with Crippen molar-refractivity contribution in [1.82, 2.24) is 10.2 Å². The standard InChI is InChI=1S/C16H24N2O5/c1-16(2,3)23-15(21)18-6-4-5-12(18)8-17-9-13-7-11(10-22-13)14(19)20/h7,10,12,17H,4-6,8-9H2,1-3H3,(H,19,20). The molecule has 7 heteroatoms. The number of carbonyl (C=O) groups excluding carboxylic acids is 1. The smallest absolute Gasteiger partial charge is 0.410 e. The van der Waals surface area contributed by atoms with Crippen LogP contribution in [0.2, 0.25) is 0 Å². The van der Waals surface area contributed by atoms with E-state index in [1.807, 2.05) is 20.8 Å². The van der Waals surface area contributed by atoms with Gasteiger partial charge in [0, 0.05) is 19.1 Å². The summed E-state index contributed by atoms with van der Waals surface area (Å²) in [5.74, 6) is -0.448. The second-order valence-corrected chi connectivity index (χ2v) is 6.71. The molecule has 128 valence electrons. The van der Waals surface area contributed by atoms with Gasteiger partial charge < -0.3 is 24.5 Å². The number of nitrogens with one attached hydrogen (secondary N) is 1. The van der Waals surface area contributed by atoms with Crippen LogP contribution in [0.5, 0.6) is 0 Å². The van der Waals surface area contributed by atoms with E-state index in [0.717, 1.165) is 12.8 Å². The van der Waals surface area contributed by atoms with Crippen molar-refractivity contribution < 1.29 is 23.8 Å². The van der Waals surface area contributed by atoms with Crippen molar-refractivity contribution in [1.29, 1.82) is 0 Å². The van der Waals surface area contributed by atoms with Crippen molar-refractivity contribution in [3.63, 3.8) is 0 Å². The number of likely N-dealkylation sites (tertiary alicyclic amines) is 1. The van der Waals surface area contributed by atoms with Crippen LogP contribution in [-0.2, 0) is 11.3 Å². The molecule has 0 radical (unpaired) electrons. The van der Waals surface area contributed by atoms with Gasteiger partial charge in [0.2, 0.25) is 0 Å². The van der Waals surface area contributed by atoms with Crippen molar-refractivity contribution >= 4 is 12.1 Å². The lowest BCUT2D eigenvalue weighted by molar-refractivity contribution is 0.0226. The minimum absolute atomic E-state index is 0.0822. The Hall–Kier alpha value is -2.02. The van der Waals surface area contributed by atoms with Gasteiger partial charge in [0.15, 0.2) is 0 Å². The predicted octanol–water partition coefficient (Wildman–Crippen LogP) is 2.47. The number of carbonyl (C=O) groups is 2. The van der Waals surface area contributed by atoms with Crippen LogP contribution in [0.4, 0.5) is 4.79 Å². The zero-order chi connectivity index (χ0) is 17.0. The Morgan fingerprint density at radius 3 is 2.83 bits per heavy atom. The zero-order valence-corrected chi connectivity index (χ0v) is 13.8. The lowest BCUT2D eigenvalue weighted by Crippen LogP contribution is -2.43. The summed E-state index contributed by atoms with van der Waals surface area (Å²) in [5.41, 5.74) is -0.364. The third-order valence-corrected chi connectivity index (χ3v) is 3.59. The molecule has 2 N–H and O–H groups in total. The molecule has 1 atom stereocenters. The molecule has 7 nitrogen and oxygen atoms in total. The van der Waals surface area contributed by atoms with Gasteiger partial charge >= 0.3 is 12.1 Å². The fourth-order valence-corrected chi connectivity index (χ4v) is 2.56. The highest BCUT2D eigenvalue weighted by Crippen LogP contribution is 2.20. The van der Waals surface area contributed by atoms with Crippen LogP contribution < -0.4 is 5.32 Å². The van der Waals surface area contributed by atoms with Gasteiger partial charge in [-0.05, 0) is 39.7 Å². The highest BCUT2D eigenvalue weighted by atomic mass is 16.6. The van der Waals surface area contributed by atoms with Gasteiger partial charge in [-0.2, -0.15) is 0 Å². The summed E-state index contributed by atoms with van der Waals surface area (Å²) >= 11 is 0. The third-order valence-electron chi connectivity index (χ3n) is 3.59. The first-order chi connectivity index (χ1) is 10.8. The molecule has 1 aromatic rings. The summed E-state index contributed by atoms with van der Waals surface area (Å²) in [6.07, 6.45) is 2.82. The lowest BCUT2D eigenvalue weighted by Gasteiger charge is -2.28. The van der Waals surface area contributed by atoms with Crippen molar-refractivity contribution in [2.24, 2.45) is 0 Å². The number of carboxylic acids is 1. The summed E-state index contributed by atoms with van der Waals surface area (Å²) < 4.78 is 10.6. The second-order valence-electron chi connectivity index (χ2n) is 6.71. The fourth-order valence-electron chi connectivity index (χ4n) is 2.56. The largest absolute Gasteiger partial charge is 0.478 e. The molecule has 23 heavy (non-hydrogen) atoms. The maximum absolute atomic E-state index is 12.2. The minimum Gasteiger partial charge on any atom is -0.478 e. The van der Waals surface area contributed by atoms with Crippen molar-refractivity contribution in [3.8, 4) is 0 Å². The molecule has 1 aromatic heterocycles. The molecule has 1 fully saturated rings. The number of hydrogen-bond acceptors (Lipinski definition) is 5. The summed E-state index contributed by atoms with van der Waals surface area (Å²) in [7, 11) is 0. The average Bonchev–Trinajstić information content (AvgIpc) is 3.05. The number of nitrogens with zero attached hydrogens (tertiary/aromatic N) is 1. The molecule has 0 bridgehead atoms. The van der Waals surface area contributed by atoms with E-state index in [2.05, 4.69) is 5.32 Å². The van der Waals surface area contributed by atoms with E-state index in [-0.39, 0.29) is 17.7 Å². The number of aromatic carboxylic acids is 1. The molecule has 2 rings (SSSR count). The third kappa shape index (κ3) is 4.99. The van der Waals surface area contributed by atoms with Crippen molar-refractivity contribution in [2.45, 2.75) is 51.8 Å². The molecule has 0 saturated carbocycles. The second kappa shape index (κ2) is 7.04. The Balaban J connectivity index is 1.82. The van der Waals surface area contributed by atoms with Gasteiger partial charge in [-0.3, -0.25) is 0 Å². The Bertz CT molecular complexity index is 561. The maximum Gasteiger partial charge on any atom is 0.410 e. The molecular formula is C16H24N2O5. The maximum atomic E-state index is 12.2. The van der Waals surface area contributed by atoms with Crippen LogP contribution in [0.3, 0.4) is 0 Å². The molecule has 1 aliphatic heterocycles. The monoisotopic (exact) mass is 324 g/mol. The van der Waals surface area contributed by atoms with E-state index in [4.69, 9.17) is 14.3 Å². The number of hydrogen-bond donors (Lipinski definition) is 2. The Morgan fingerprint density at radius 2 is 2.22 bits per heavy atom. The van der Waals surface area contributed by atoms with Crippen LogP contribution in [0.25, 0.3) is 0 Å². The first-order valence-electron chi connectivity index (χ1n) is 7.77. The van der Waals surface area contributed by atoms with E-state index in [1.165, 1.54) is 12.3 Å². The van der Waals surface area contributed by atoms with Crippen molar-refractivity contribution in [2.75, 3.05) is 13.1 Å². The highest BCUT2D eigenvalue weighted by molar-refractivity contribution is 5.87. The highest BCUT2D eigenvalue weighted by Gasteiger charge is 2.31. The predicted molar refractivity (Wildman–Crippen MR) is 83.3 cm³/mol. The van der Waals surface area contributed by atoms with Crippen LogP contribution >= 0.6 is 0 Å². The average molecular weight is 324 g/mol. The Kier molecular flexibility index (Phi) is 5.30. The molecule has 0 aromatic carbocycles. The summed E-state index contributed by atoms with van der Waals surface area (Å²) in [6, 6.07) is 1.58. The number of furan rings is 1. The van der Waals surface area contributed by atoms with Gasteiger partial charge in [0.05, 0.1) is 12.1 Å². The van der Waals surface area contributed by atoms with Crippen LogP contribution in [-0.4, -0.2) is 46.8 Å². The van der Waals surface area contributed by atoms with Gasteiger partial charge in [-0.15, -0.1) is 0 Å². The van der Waals surface area contributed by atoms with Gasteiger partial charge in [0.25, 0.3) is 0 Å². The van der Waals surface area contributed by atoms with Crippen LogP contribution in [0.1, 0.15) is 49.7 Å². The topological polar surface area (TPSA) is 92.0 Å². The molecule has 0 spiro atoms. The van der Waals surface area contributed by atoms with E-state index >= 15 is 0 Å². The van der Waals surface area contributed by atoms with E-state index in [0.29, 0.717) is 25.4 Å². The van der Waals surface area contributed by atoms with Crippen LogP contribution in [0.15, 0.2) is 16.7 Å². The number of rotatable bonds is 5. The first kappa shape index (κ1) is 17.3. The van der Waals surface area contributed by atoms with E-state index in [9.17, 15) is 9.59 Å². The summed E-state index contributed by atoms with van der Waals surface area (Å²) in [6.45, 7) is 7.29. The molecular weight excluding hydrogens is 300 g/mol. The summed E-state index contributed by atoms with van der Waals surface area (Å²) in [4.78, 5) is 24.7. The van der Waals surface area contributed by atoms with Gasteiger partial charge in [-0.1, -0.05) is 0 Å².